The molecule has 15 heavy (non-hydrogen) atoms. The molecule has 1 aromatic rings. The molecule has 4 heteroatoms. The second-order valence-corrected chi connectivity index (χ2v) is 4.24. The quantitative estimate of drug-likeness (QED) is 0.715. The first-order chi connectivity index (χ1) is 7.19. The van der Waals surface area contributed by atoms with Crippen LogP contribution in [0.3, 0.4) is 0 Å². The Morgan fingerprint density at radius 1 is 1.27 bits per heavy atom. The van der Waals surface area contributed by atoms with Crippen molar-refractivity contribution in [1.82, 2.24) is 9.78 Å². The zero-order chi connectivity index (χ0) is 11.4. The lowest BCUT2D eigenvalue weighted by atomic mass is 10.2. The molecule has 2 nitrogen and oxygen atoms in total. The van der Waals surface area contributed by atoms with Crippen molar-refractivity contribution in [3.8, 4) is 0 Å². The highest BCUT2D eigenvalue weighted by atomic mass is 35.5. The largest absolute Gasteiger partial charge is 0.250 e. The van der Waals surface area contributed by atoms with Gasteiger partial charge in [0.2, 0.25) is 0 Å². The lowest BCUT2D eigenvalue weighted by Crippen LogP contribution is -2.09. The molecule has 0 aliphatic heterocycles. The number of nitrogens with zero attached hydrogens (tertiary/aromatic N) is 2. The Morgan fingerprint density at radius 3 is 2.20 bits per heavy atom. The molecular formula is C11H18Cl2N2. The molecule has 0 spiro atoms. The third kappa shape index (κ3) is 2.48. The summed E-state index contributed by atoms with van der Waals surface area (Å²) in [4.78, 5) is 0. The summed E-state index contributed by atoms with van der Waals surface area (Å²) in [7, 11) is 0. The molecule has 0 amide bonds. The standard InChI is InChI=1S/C11H18Cl2N2/c1-4-8(5-2)15-11(13)9(7-12)10(6-3)14-15/h8H,4-7H2,1-3H3. The zero-order valence-electron chi connectivity index (χ0n) is 9.56. The first kappa shape index (κ1) is 12.9. The van der Waals surface area contributed by atoms with Crippen LogP contribution in [-0.4, -0.2) is 9.78 Å². The smallest absolute Gasteiger partial charge is 0.132 e. The molecule has 0 fully saturated rings. The Kier molecular flexibility index (Phi) is 4.94. The average molecular weight is 249 g/mol. The topological polar surface area (TPSA) is 17.8 Å². The fraction of sp³-hybridized carbons (Fsp3) is 0.727. The molecule has 0 aromatic carbocycles. The molecule has 0 bridgehead atoms. The monoisotopic (exact) mass is 248 g/mol. The minimum atomic E-state index is 0.389. The second kappa shape index (κ2) is 5.76. The highest BCUT2D eigenvalue weighted by molar-refractivity contribution is 6.31. The van der Waals surface area contributed by atoms with Crippen LogP contribution < -0.4 is 0 Å². The van der Waals surface area contributed by atoms with E-state index in [4.69, 9.17) is 23.2 Å². The van der Waals surface area contributed by atoms with Crippen LogP contribution in [0.25, 0.3) is 0 Å². The van der Waals surface area contributed by atoms with E-state index in [1.54, 1.807) is 0 Å². The van der Waals surface area contributed by atoms with Gasteiger partial charge in [-0.25, -0.2) is 0 Å². The van der Waals surface area contributed by atoms with Gasteiger partial charge in [0.05, 0.1) is 17.6 Å². The minimum absolute atomic E-state index is 0.389. The van der Waals surface area contributed by atoms with Crippen molar-refractivity contribution in [2.75, 3.05) is 0 Å². The van der Waals surface area contributed by atoms with E-state index >= 15 is 0 Å². The van der Waals surface area contributed by atoms with E-state index in [1.165, 1.54) is 0 Å². The third-order valence-corrected chi connectivity index (χ3v) is 3.45. The van der Waals surface area contributed by atoms with Gasteiger partial charge in [0.25, 0.3) is 0 Å². The number of halogens is 2. The van der Waals surface area contributed by atoms with Crippen molar-refractivity contribution in [2.45, 2.75) is 52.0 Å². The van der Waals surface area contributed by atoms with E-state index in [-0.39, 0.29) is 0 Å². The van der Waals surface area contributed by atoms with Gasteiger partial charge in [-0.1, -0.05) is 32.4 Å². The van der Waals surface area contributed by atoms with E-state index in [1.807, 2.05) is 4.68 Å². The Hall–Kier alpha value is -0.210. The number of aromatic nitrogens is 2. The van der Waals surface area contributed by atoms with Crippen LogP contribution in [0, 0.1) is 0 Å². The maximum absolute atomic E-state index is 6.28. The summed E-state index contributed by atoms with van der Waals surface area (Å²) < 4.78 is 1.93. The lowest BCUT2D eigenvalue weighted by molar-refractivity contribution is 0.426. The molecular weight excluding hydrogens is 231 g/mol. The van der Waals surface area contributed by atoms with E-state index in [9.17, 15) is 0 Å². The zero-order valence-corrected chi connectivity index (χ0v) is 11.1. The van der Waals surface area contributed by atoms with Gasteiger partial charge in [0, 0.05) is 5.56 Å². The normalized spacial score (nSPS) is 11.3. The van der Waals surface area contributed by atoms with Crippen molar-refractivity contribution in [3.63, 3.8) is 0 Å². The second-order valence-electron chi connectivity index (χ2n) is 3.62. The Bertz CT molecular complexity index is 317. The third-order valence-electron chi connectivity index (χ3n) is 2.78. The van der Waals surface area contributed by atoms with Gasteiger partial charge in [-0.2, -0.15) is 5.10 Å². The van der Waals surface area contributed by atoms with Crippen molar-refractivity contribution >= 4 is 23.2 Å². The van der Waals surface area contributed by atoms with Crippen LogP contribution >= 0.6 is 23.2 Å². The molecule has 0 radical (unpaired) electrons. The van der Waals surface area contributed by atoms with Gasteiger partial charge in [-0.15, -0.1) is 11.6 Å². The van der Waals surface area contributed by atoms with Crippen molar-refractivity contribution in [1.29, 1.82) is 0 Å². The van der Waals surface area contributed by atoms with Gasteiger partial charge in [0.1, 0.15) is 5.15 Å². The predicted molar refractivity (Wildman–Crippen MR) is 65.8 cm³/mol. The number of hydrogen-bond acceptors (Lipinski definition) is 1. The van der Waals surface area contributed by atoms with Gasteiger partial charge >= 0.3 is 0 Å². The number of rotatable bonds is 5. The Labute approximate surface area is 102 Å². The van der Waals surface area contributed by atoms with Gasteiger partial charge < -0.3 is 0 Å². The summed E-state index contributed by atoms with van der Waals surface area (Å²) in [5.74, 6) is 0.447. The summed E-state index contributed by atoms with van der Waals surface area (Å²) in [6.07, 6.45) is 2.97. The molecule has 1 aromatic heterocycles. The van der Waals surface area contributed by atoms with Crippen molar-refractivity contribution in [2.24, 2.45) is 0 Å². The Morgan fingerprint density at radius 2 is 1.87 bits per heavy atom. The van der Waals surface area contributed by atoms with Gasteiger partial charge in [0.15, 0.2) is 0 Å². The van der Waals surface area contributed by atoms with Crippen molar-refractivity contribution < 1.29 is 0 Å². The molecule has 0 saturated carbocycles. The molecule has 0 unspecified atom stereocenters. The minimum Gasteiger partial charge on any atom is -0.250 e. The summed E-state index contributed by atoms with van der Waals surface area (Å²) in [5, 5.41) is 5.26. The van der Waals surface area contributed by atoms with Gasteiger partial charge in [-0.3, -0.25) is 4.68 Å². The van der Waals surface area contributed by atoms with E-state index in [0.29, 0.717) is 11.9 Å². The van der Waals surface area contributed by atoms with Crippen LogP contribution in [0.4, 0.5) is 0 Å². The molecule has 0 aliphatic carbocycles. The van der Waals surface area contributed by atoms with E-state index in [2.05, 4.69) is 25.9 Å². The van der Waals surface area contributed by atoms with Crippen LogP contribution in [0.2, 0.25) is 5.15 Å². The fourth-order valence-electron chi connectivity index (χ4n) is 1.78. The van der Waals surface area contributed by atoms with Crippen LogP contribution in [0.15, 0.2) is 0 Å². The molecule has 0 saturated heterocycles. The molecule has 1 heterocycles. The molecule has 1 rings (SSSR count). The summed E-state index contributed by atoms with van der Waals surface area (Å²) in [6.45, 7) is 6.38. The lowest BCUT2D eigenvalue weighted by Gasteiger charge is -2.14. The summed E-state index contributed by atoms with van der Waals surface area (Å²) in [6, 6.07) is 0.389. The highest BCUT2D eigenvalue weighted by Crippen LogP contribution is 2.28. The number of hydrogen-bond donors (Lipinski definition) is 0. The van der Waals surface area contributed by atoms with Crippen molar-refractivity contribution in [3.05, 3.63) is 16.4 Å². The fourth-order valence-corrected chi connectivity index (χ4v) is 2.49. The summed E-state index contributed by atoms with van der Waals surface area (Å²) >= 11 is 12.2. The maximum Gasteiger partial charge on any atom is 0.132 e. The predicted octanol–water partition coefficient (Wildman–Crippen LogP) is 4.20. The van der Waals surface area contributed by atoms with E-state index in [0.717, 1.165) is 35.7 Å². The van der Waals surface area contributed by atoms with Crippen LogP contribution in [-0.2, 0) is 12.3 Å². The molecule has 86 valence electrons. The van der Waals surface area contributed by atoms with Crippen LogP contribution in [0.5, 0.6) is 0 Å². The average Bonchev–Trinajstić information content (AvgIpc) is 2.57. The first-order valence-electron chi connectivity index (χ1n) is 5.51. The molecule has 0 atom stereocenters. The van der Waals surface area contributed by atoms with E-state index < -0.39 is 0 Å². The molecule has 0 aliphatic rings. The molecule has 0 N–H and O–H groups in total. The highest BCUT2D eigenvalue weighted by Gasteiger charge is 2.18. The Balaban J connectivity index is 3.13. The number of aryl methyl sites for hydroxylation is 1. The maximum atomic E-state index is 6.28. The van der Waals surface area contributed by atoms with Crippen LogP contribution in [0.1, 0.15) is 50.9 Å². The number of alkyl halides is 1. The van der Waals surface area contributed by atoms with Gasteiger partial charge in [-0.05, 0) is 19.3 Å². The SMILES string of the molecule is CCc1nn(C(CC)CC)c(Cl)c1CCl. The summed E-state index contributed by atoms with van der Waals surface area (Å²) in [5.41, 5.74) is 2.02. The first-order valence-corrected chi connectivity index (χ1v) is 6.42.